The van der Waals surface area contributed by atoms with E-state index in [4.69, 9.17) is 11.6 Å². The number of nitrogens with zero attached hydrogens (tertiary/aromatic N) is 1. The summed E-state index contributed by atoms with van der Waals surface area (Å²) in [6, 6.07) is 8.92. The molecule has 0 aromatic heterocycles. The Balaban J connectivity index is 1.76. The van der Waals surface area contributed by atoms with Crippen LogP contribution in [0.1, 0.15) is 26.3 Å². The largest absolute Gasteiger partial charge is 0.337 e. The van der Waals surface area contributed by atoms with Gasteiger partial charge in [-0.2, -0.15) is 11.8 Å². The number of carbonyl (C=O) groups is 2. The van der Waals surface area contributed by atoms with Crippen LogP contribution in [0.2, 0.25) is 5.02 Å². The van der Waals surface area contributed by atoms with Gasteiger partial charge in [0.25, 0.3) is 11.8 Å². The number of anilines is 1. The summed E-state index contributed by atoms with van der Waals surface area (Å²) in [6.45, 7) is 3.29. The molecule has 0 unspecified atom stereocenters. The van der Waals surface area contributed by atoms with Crippen molar-refractivity contribution in [2.45, 2.75) is 6.92 Å². The molecular weight excluding hydrogens is 375 g/mol. The quantitative estimate of drug-likeness (QED) is 0.850. The van der Waals surface area contributed by atoms with Crippen molar-refractivity contribution in [2.75, 3.05) is 29.9 Å². The fourth-order valence-electron chi connectivity index (χ4n) is 2.75. The van der Waals surface area contributed by atoms with E-state index in [1.54, 1.807) is 25.1 Å². The van der Waals surface area contributed by atoms with Crippen LogP contribution in [0.4, 0.5) is 10.1 Å². The van der Waals surface area contributed by atoms with Gasteiger partial charge in [0.1, 0.15) is 5.82 Å². The predicted octanol–water partition coefficient (Wildman–Crippen LogP) is 4.23. The summed E-state index contributed by atoms with van der Waals surface area (Å²) < 4.78 is 13.8. The molecule has 4 nitrogen and oxygen atoms in total. The number of rotatable bonds is 3. The van der Waals surface area contributed by atoms with E-state index in [1.807, 2.05) is 16.7 Å². The maximum Gasteiger partial charge on any atom is 0.258 e. The number of hydrogen-bond acceptors (Lipinski definition) is 3. The summed E-state index contributed by atoms with van der Waals surface area (Å²) in [5, 5.41) is 2.96. The molecule has 1 aliphatic heterocycles. The summed E-state index contributed by atoms with van der Waals surface area (Å²) in [6.07, 6.45) is 0. The Bertz CT molecular complexity index is 853. The number of thioether (sulfide) groups is 1. The van der Waals surface area contributed by atoms with Crippen LogP contribution in [0.3, 0.4) is 0 Å². The van der Waals surface area contributed by atoms with Crippen LogP contribution in [0.25, 0.3) is 0 Å². The molecule has 1 saturated heterocycles. The molecule has 0 aliphatic carbocycles. The van der Waals surface area contributed by atoms with Crippen molar-refractivity contribution in [3.8, 4) is 0 Å². The van der Waals surface area contributed by atoms with Gasteiger partial charge in [-0.05, 0) is 48.9 Å². The van der Waals surface area contributed by atoms with E-state index >= 15 is 0 Å². The van der Waals surface area contributed by atoms with E-state index in [0.29, 0.717) is 11.3 Å². The van der Waals surface area contributed by atoms with Crippen molar-refractivity contribution in [2.24, 2.45) is 0 Å². The van der Waals surface area contributed by atoms with Crippen molar-refractivity contribution in [1.29, 1.82) is 0 Å². The zero-order valence-corrected chi connectivity index (χ0v) is 15.8. The summed E-state index contributed by atoms with van der Waals surface area (Å²) in [7, 11) is 0. The lowest BCUT2D eigenvalue weighted by molar-refractivity contribution is 0.0772. The summed E-state index contributed by atoms with van der Waals surface area (Å²) in [5.74, 6) is 0.667. The highest BCUT2D eigenvalue weighted by molar-refractivity contribution is 7.99. The minimum absolute atomic E-state index is 0.00726. The van der Waals surface area contributed by atoms with E-state index in [1.165, 1.54) is 12.1 Å². The van der Waals surface area contributed by atoms with Gasteiger partial charge < -0.3 is 10.2 Å². The maximum atomic E-state index is 13.8. The number of halogens is 2. The van der Waals surface area contributed by atoms with Crippen LogP contribution >= 0.6 is 23.4 Å². The van der Waals surface area contributed by atoms with Crippen LogP contribution in [0.5, 0.6) is 0 Å². The van der Waals surface area contributed by atoms with Gasteiger partial charge in [-0.3, -0.25) is 9.59 Å². The molecule has 1 aliphatic rings. The van der Waals surface area contributed by atoms with Gasteiger partial charge in [0.15, 0.2) is 0 Å². The van der Waals surface area contributed by atoms with E-state index in [2.05, 4.69) is 5.32 Å². The summed E-state index contributed by atoms with van der Waals surface area (Å²) >= 11 is 7.68. The normalized spacial score (nSPS) is 14.2. The Labute approximate surface area is 160 Å². The lowest BCUT2D eigenvalue weighted by Gasteiger charge is -2.26. The van der Waals surface area contributed by atoms with Crippen LogP contribution in [-0.2, 0) is 0 Å². The van der Waals surface area contributed by atoms with Gasteiger partial charge >= 0.3 is 0 Å². The maximum absolute atomic E-state index is 13.8. The first kappa shape index (κ1) is 18.7. The van der Waals surface area contributed by atoms with Crippen LogP contribution in [-0.4, -0.2) is 41.3 Å². The van der Waals surface area contributed by atoms with Gasteiger partial charge in [-0.15, -0.1) is 0 Å². The molecule has 26 heavy (non-hydrogen) atoms. The first-order valence-corrected chi connectivity index (χ1v) is 9.73. The topological polar surface area (TPSA) is 49.4 Å². The lowest BCUT2D eigenvalue weighted by atomic mass is 10.1. The molecule has 0 saturated carbocycles. The van der Waals surface area contributed by atoms with Crippen molar-refractivity contribution in [3.63, 3.8) is 0 Å². The second kappa shape index (κ2) is 8.10. The molecule has 3 rings (SSSR count). The number of carbonyl (C=O) groups excluding carboxylic acids is 2. The molecule has 0 radical (unpaired) electrons. The second-order valence-corrected chi connectivity index (χ2v) is 7.67. The standard InChI is InChI=1S/C19H18ClFN2O2S/c1-12-10-13(19(25)23-6-8-26-9-7-23)2-5-17(12)22-18(24)15-11-14(20)3-4-16(15)21/h2-5,10-11H,6-9H2,1H3,(H,22,24). The van der Waals surface area contributed by atoms with E-state index in [0.717, 1.165) is 36.2 Å². The van der Waals surface area contributed by atoms with Gasteiger partial charge in [0, 0.05) is 40.9 Å². The number of benzene rings is 2. The van der Waals surface area contributed by atoms with Gasteiger partial charge in [-0.25, -0.2) is 4.39 Å². The first-order chi connectivity index (χ1) is 12.5. The molecule has 2 aromatic carbocycles. The molecule has 7 heteroatoms. The Hall–Kier alpha value is -2.05. The fourth-order valence-corrected chi connectivity index (χ4v) is 3.82. The number of hydrogen-bond donors (Lipinski definition) is 1. The summed E-state index contributed by atoms with van der Waals surface area (Å²) in [5.41, 5.74) is 1.72. The molecule has 2 amide bonds. The van der Waals surface area contributed by atoms with E-state index < -0.39 is 11.7 Å². The second-order valence-electron chi connectivity index (χ2n) is 6.01. The number of amides is 2. The Morgan fingerprint density at radius 3 is 2.58 bits per heavy atom. The van der Waals surface area contributed by atoms with Gasteiger partial charge in [-0.1, -0.05) is 11.6 Å². The number of nitrogens with one attached hydrogen (secondary N) is 1. The third-order valence-corrected chi connectivity index (χ3v) is 5.37. The molecule has 1 N–H and O–H groups in total. The minimum Gasteiger partial charge on any atom is -0.337 e. The van der Waals surface area contributed by atoms with Crippen LogP contribution in [0.15, 0.2) is 36.4 Å². The predicted molar refractivity (Wildman–Crippen MR) is 104 cm³/mol. The molecule has 1 heterocycles. The van der Waals surface area contributed by atoms with Gasteiger partial charge in [0.05, 0.1) is 5.56 Å². The Morgan fingerprint density at radius 1 is 1.15 bits per heavy atom. The number of aryl methyl sites for hydroxylation is 1. The molecule has 0 atom stereocenters. The van der Waals surface area contributed by atoms with Crippen molar-refractivity contribution in [1.82, 2.24) is 4.90 Å². The Morgan fingerprint density at radius 2 is 1.88 bits per heavy atom. The highest BCUT2D eigenvalue weighted by Gasteiger charge is 2.19. The van der Waals surface area contributed by atoms with Crippen LogP contribution in [0, 0.1) is 12.7 Å². The zero-order valence-electron chi connectivity index (χ0n) is 14.2. The Kier molecular flexibility index (Phi) is 5.84. The highest BCUT2D eigenvalue weighted by atomic mass is 35.5. The summed E-state index contributed by atoms with van der Waals surface area (Å²) in [4.78, 5) is 26.7. The third kappa shape index (κ3) is 4.19. The van der Waals surface area contributed by atoms with E-state index in [9.17, 15) is 14.0 Å². The first-order valence-electron chi connectivity index (χ1n) is 8.20. The van der Waals surface area contributed by atoms with Crippen LogP contribution < -0.4 is 5.32 Å². The third-order valence-electron chi connectivity index (χ3n) is 4.19. The molecule has 0 bridgehead atoms. The van der Waals surface area contributed by atoms with Crippen molar-refractivity contribution >= 4 is 40.9 Å². The minimum atomic E-state index is -0.640. The average Bonchev–Trinajstić information content (AvgIpc) is 2.65. The molecule has 1 fully saturated rings. The van der Waals surface area contributed by atoms with E-state index in [-0.39, 0.29) is 16.5 Å². The van der Waals surface area contributed by atoms with Gasteiger partial charge in [0.2, 0.25) is 0 Å². The molecule has 136 valence electrons. The molecule has 0 spiro atoms. The average molecular weight is 393 g/mol. The SMILES string of the molecule is Cc1cc(C(=O)N2CCSCC2)ccc1NC(=O)c1cc(Cl)ccc1F. The zero-order chi connectivity index (χ0) is 18.7. The van der Waals surface area contributed by atoms with Crippen molar-refractivity contribution in [3.05, 3.63) is 63.9 Å². The molecular formula is C19H18ClFN2O2S. The highest BCUT2D eigenvalue weighted by Crippen LogP contribution is 2.21. The monoisotopic (exact) mass is 392 g/mol. The van der Waals surface area contributed by atoms with Crippen molar-refractivity contribution < 1.29 is 14.0 Å². The fraction of sp³-hybridized carbons (Fsp3) is 0.263. The lowest BCUT2D eigenvalue weighted by Crippen LogP contribution is -2.37. The molecule has 2 aromatic rings. The smallest absolute Gasteiger partial charge is 0.258 e.